The minimum atomic E-state index is -0.116. The predicted octanol–water partition coefficient (Wildman–Crippen LogP) is 4.31. The Hall–Kier alpha value is -3.05. The van der Waals surface area contributed by atoms with E-state index in [2.05, 4.69) is 22.8 Å². The summed E-state index contributed by atoms with van der Waals surface area (Å²) in [6, 6.07) is 21.5. The Morgan fingerprint density at radius 3 is 2.59 bits per heavy atom. The number of rotatable bonds is 9. The van der Waals surface area contributed by atoms with Gasteiger partial charge >= 0.3 is 0 Å². The fraction of sp³-hybridized carbons (Fsp3) is 0.227. The fourth-order valence-corrected chi connectivity index (χ4v) is 2.71. The van der Waals surface area contributed by atoms with Crippen LogP contribution in [-0.4, -0.2) is 32.3 Å². The largest absolute Gasteiger partial charge is 0.491 e. The summed E-state index contributed by atoms with van der Waals surface area (Å²) < 4.78 is 10.9. The van der Waals surface area contributed by atoms with E-state index in [0.29, 0.717) is 31.3 Å². The van der Waals surface area contributed by atoms with Crippen molar-refractivity contribution in [1.82, 2.24) is 0 Å². The third-order valence-corrected chi connectivity index (χ3v) is 4.02. The molecule has 0 aliphatic rings. The van der Waals surface area contributed by atoms with Crippen LogP contribution in [0.2, 0.25) is 0 Å². The minimum absolute atomic E-state index is 0.116. The van der Waals surface area contributed by atoms with Crippen LogP contribution in [0.3, 0.4) is 0 Å². The molecule has 3 aromatic rings. The number of fused-ring (bicyclic) bond motifs is 1. The molecule has 0 atom stereocenters. The number of nitrogens with one attached hydrogen (secondary N) is 2. The highest BCUT2D eigenvalue weighted by Crippen LogP contribution is 2.19. The molecular formula is C22H24N2O3. The summed E-state index contributed by atoms with van der Waals surface area (Å²) in [6.07, 6.45) is 0. The van der Waals surface area contributed by atoms with Gasteiger partial charge in [-0.05, 0) is 42.0 Å². The van der Waals surface area contributed by atoms with Crippen LogP contribution in [-0.2, 0) is 9.53 Å². The van der Waals surface area contributed by atoms with E-state index in [0.717, 1.165) is 11.1 Å². The van der Waals surface area contributed by atoms with Gasteiger partial charge in [-0.1, -0.05) is 36.4 Å². The lowest BCUT2D eigenvalue weighted by Gasteiger charge is -2.10. The molecule has 0 unspecified atom stereocenters. The molecular weight excluding hydrogens is 340 g/mol. The van der Waals surface area contributed by atoms with Crippen LogP contribution in [0.5, 0.6) is 5.75 Å². The Kier molecular flexibility index (Phi) is 6.66. The molecule has 3 aromatic carbocycles. The lowest BCUT2D eigenvalue weighted by atomic mass is 10.1. The standard InChI is InChI=1S/C22H24N2O3/c1-2-26-12-13-27-21-9-5-8-20(15-21)24-22(25)16-23-19-11-10-17-6-3-4-7-18(17)14-19/h3-11,14-15,23H,2,12-13,16H2,1H3,(H,24,25). The second-order valence-corrected chi connectivity index (χ2v) is 6.04. The van der Waals surface area contributed by atoms with Gasteiger partial charge in [0.05, 0.1) is 13.2 Å². The molecule has 0 aliphatic heterocycles. The lowest BCUT2D eigenvalue weighted by molar-refractivity contribution is -0.114. The van der Waals surface area contributed by atoms with Crippen molar-refractivity contribution in [1.29, 1.82) is 0 Å². The number of hydrogen-bond acceptors (Lipinski definition) is 4. The van der Waals surface area contributed by atoms with Gasteiger partial charge in [-0.25, -0.2) is 0 Å². The summed E-state index contributed by atoms with van der Waals surface area (Å²) >= 11 is 0. The monoisotopic (exact) mass is 364 g/mol. The Balaban J connectivity index is 1.51. The molecule has 27 heavy (non-hydrogen) atoms. The van der Waals surface area contributed by atoms with Gasteiger partial charge in [0.25, 0.3) is 0 Å². The van der Waals surface area contributed by atoms with Crippen molar-refractivity contribution in [2.24, 2.45) is 0 Å². The predicted molar refractivity (Wildman–Crippen MR) is 109 cm³/mol. The molecule has 0 aromatic heterocycles. The molecule has 0 bridgehead atoms. The first-order valence-electron chi connectivity index (χ1n) is 9.08. The number of carbonyl (C=O) groups is 1. The first-order valence-corrected chi connectivity index (χ1v) is 9.08. The van der Waals surface area contributed by atoms with Gasteiger partial charge in [0.2, 0.25) is 5.91 Å². The minimum Gasteiger partial charge on any atom is -0.491 e. The van der Waals surface area contributed by atoms with E-state index in [-0.39, 0.29) is 12.5 Å². The quantitative estimate of drug-likeness (QED) is 0.556. The molecule has 0 fully saturated rings. The molecule has 5 heteroatoms. The van der Waals surface area contributed by atoms with Crippen LogP contribution in [0.15, 0.2) is 66.7 Å². The third-order valence-electron chi connectivity index (χ3n) is 4.02. The van der Waals surface area contributed by atoms with Crippen molar-refractivity contribution < 1.29 is 14.3 Å². The highest BCUT2D eigenvalue weighted by Gasteiger charge is 2.04. The van der Waals surface area contributed by atoms with Crippen molar-refractivity contribution in [3.05, 3.63) is 66.7 Å². The van der Waals surface area contributed by atoms with Gasteiger partial charge in [-0.3, -0.25) is 4.79 Å². The van der Waals surface area contributed by atoms with Crippen molar-refractivity contribution in [2.75, 3.05) is 37.0 Å². The second-order valence-electron chi connectivity index (χ2n) is 6.04. The van der Waals surface area contributed by atoms with Crippen LogP contribution in [0.25, 0.3) is 10.8 Å². The summed E-state index contributed by atoms with van der Waals surface area (Å²) in [5.74, 6) is 0.588. The SMILES string of the molecule is CCOCCOc1cccc(NC(=O)CNc2ccc3ccccc3c2)c1. The van der Waals surface area contributed by atoms with Crippen LogP contribution in [0.4, 0.5) is 11.4 Å². The Morgan fingerprint density at radius 1 is 0.889 bits per heavy atom. The maximum Gasteiger partial charge on any atom is 0.243 e. The van der Waals surface area contributed by atoms with Gasteiger partial charge in [-0.2, -0.15) is 0 Å². The smallest absolute Gasteiger partial charge is 0.243 e. The Labute approximate surface area is 159 Å². The van der Waals surface area contributed by atoms with Gasteiger partial charge in [-0.15, -0.1) is 0 Å². The summed E-state index contributed by atoms with van der Waals surface area (Å²) in [5, 5.41) is 8.35. The van der Waals surface area contributed by atoms with Crippen LogP contribution in [0, 0.1) is 0 Å². The highest BCUT2D eigenvalue weighted by molar-refractivity contribution is 5.94. The molecule has 2 N–H and O–H groups in total. The molecule has 140 valence electrons. The Bertz CT molecular complexity index is 895. The summed E-state index contributed by atoms with van der Waals surface area (Å²) in [5.41, 5.74) is 1.62. The van der Waals surface area contributed by atoms with Crippen molar-refractivity contribution in [3.63, 3.8) is 0 Å². The number of anilines is 2. The fourth-order valence-electron chi connectivity index (χ4n) is 2.71. The van der Waals surface area contributed by atoms with Crippen LogP contribution in [0.1, 0.15) is 6.92 Å². The van der Waals surface area contributed by atoms with Gasteiger partial charge in [0, 0.05) is 24.0 Å². The number of hydrogen-bond donors (Lipinski definition) is 2. The van der Waals surface area contributed by atoms with Crippen molar-refractivity contribution in [2.45, 2.75) is 6.92 Å². The van der Waals surface area contributed by atoms with Gasteiger partial charge < -0.3 is 20.1 Å². The number of amides is 1. The molecule has 3 rings (SSSR count). The molecule has 0 spiro atoms. The zero-order chi connectivity index (χ0) is 18.9. The summed E-state index contributed by atoms with van der Waals surface area (Å²) in [7, 11) is 0. The summed E-state index contributed by atoms with van der Waals surface area (Å²) in [6.45, 7) is 3.83. The zero-order valence-electron chi connectivity index (χ0n) is 15.4. The van der Waals surface area contributed by atoms with E-state index in [4.69, 9.17) is 9.47 Å². The van der Waals surface area contributed by atoms with E-state index in [1.165, 1.54) is 5.39 Å². The van der Waals surface area contributed by atoms with E-state index in [1.54, 1.807) is 6.07 Å². The first-order chi connectivity index (χ1) is 13.2. The van der Waals surface area contributed by atoms with Gasteiger partial charge in [0.15, 0.2) is 0 Å². The van der Waals surface area contributed by atoms with E-state index >= 15 is 0 Å². The molecule has 0 heterocycles. The molecule has 1 amide bonds. The van der Waals surface area contributed by atoms with Gasteiger partial charge in [0.1, 0.15) is 12.4 Å². The summed E-state index contributed by atoms with van der Waals surface area (Å²) in [4.78, 5) is 12.2. The first kappa shape index (κ1) is 18.7. The van der Waals surface area contributed by atoms with Crippen LogP contribution < -0.4 is 15.4 Å². The topological polar surface area (TPSA) is 59.6 Å². The average molecular weight is 364 g/mol. The number of benzene rings is 3. The van der Waals surface area contributed by atoms with Crippen molar-refractivity contribution in [3.8, 4) is 5.75 Å². The number of carbonyl (C=O) groups excluding carboxylic acids is 1. The maximum absolute atomic E-state index is 12.2. The lowest BCUT2D eigenvalue weighted by Crippen LogP contribution is -2.21. The van der Waals surface area contributed by atoms with E-state index in [9.17, 15) is 4.79 Å². The zero-order valence-corrected chi connectivity index (χ0v) is 15.4. The van der Waals surface area contributed by atoms with E-state index in [1.807, 2.05) is 55.5 Å². The maximum atomic E-state index is 12.2. The number of ether oxygens (including phenoxy) is 2. The molecule has 0 saturated heterocycles. The van der Waals surface area contributed by atoms with Crippen LogP contribution >= 0.6 is 0 Å². The highest BCUT2D eigenvalue weighted by atomic mass is 16.5. The van der Waals surface area contributed by atoms with E-state index < -0.39 is 0 Å². The molecule has 0 saturated carbocycles. The average Bonchev–Trinajstić information content (AvgIpc) is 2.70. The van der Waals surface area contributed by atoms with Crippen molar-refractivity contribution >= 4 is 28.1 Å². The third kappa shape index (κ3) is 5.72. The Morgan fingerprint density at radius 2 is 1.74 bits per heavy atom. The molecule has 5 nitrogen and oxygen atoms in total. The molecule has 0 radical (unpaired) electrons. The second kappa shape index (κ2) is 9.59. The molecule has 0 aliphatic carbocycles. The normalized spacial score (nSPS) is 10.6.